The Morgan fingerprint density at radius 1 is 1.03 bits per heavy atom. The maximum atomic E-state index is 11.8. The largest absolute Gasteiger partial charge is 0.508 e. The molecule has 0 aliphatic heterocycles. The van der Waals surface area contributed by atoms with Crippen LogP contribution in [0.4, 0.5) is 0 Å². The zero-order chi connectivity index (χ0) is 23.8. The van der Waals surface area contributed by atoms with Gasteiger partial charge in [0.25, 0.3) is 0 Å². The van der Waals surface area contributed by atoms with Gasteiger partial charge in [-0.15, -0.1) is 0 Å². The highest BCUT2D eigenvalue weighted by molar-refractivity contribution is 5.60. The summed E-state index contributed by atoms with van der Waals surface area (Å²) in [7, 11) is 2.19. The van der Waals surface area contributed by atoms with Crippen molar-refractivity contribution < 1.29 is 15.0 Å². The summed E-state index contributed by atoms with van der Waals surface area (Å²) in [5.74, 6) is 0.375. The molecule has 3 unspecified atom stereocenters. The van der Waals surface area contributed by atoms with Crippen LogP contribution >= 0.6 is 0 Å². The Morgan fingerprint density at radius 3 is 2.62 bits per heavy atom. The molecule has 3 aliphatic carbocycles. The number of rotatable bonds is 12. The third-order valence-electron chi connectivity index (χ3n) is 9.35. The molecule has 0 radical (unpaired) electrons. The van der Waals surface area contributed by atoms with Gasteiger partial charge in [0.15, 0.2) is 0 Å². The summed E-state index contributed by atoms with van der Waals surface area (Å²) in [5, 5.41) is 19.7. The van der Waals surface area contributed by atoms with Crippen molar-refractivity contribution in [2.24, 2.45) is 10.8 Å². The fraction of sp³-hybridized carbons (Fsp3) is 0.552. The number of phenols is 1. The molecule has 3 atom stereocenters. The molecule has 2 aromatic carbocycles. The molecule has 2 N–H and O–H groups in total. The number of aliphatic hydroxyl groups is 1. The molecule has 2 saturated carbocycles. The van der Waals surface area contributed by atoms with E-state index in [-0.39, 0.29) is 22.9 Å². The van der Waals surface area contributed by atoms with Crippen LogP contribution in [0.2, 0.25) is 0 Å². The van der Waals surface area contributed by atoms with Crippen LogP contribution in [0.25, 0.3) is 0 Å². The number of hydrogen-bond acceptors (Lipinski definition) is 4. The van der Waals surface area contributed by atoms with Gasteiger partial charge in [0.05, 0.1) is 0 Å². The standard InChI is InChI=1S/C29H38N2O3/c1-30(15-7-17-32)21-28-19-24-10-11-25(34)18-26(24)29(28)14-5-12-27(28,29)13-6-16-31(22-33)20-23-8-3-2-4-9-23/h2-4,8-11,18,22,32,34H,5-7,12-17,19-21H2,1H3. The van der Waals surface area contributed by atoms with E-state index in [2.05, 4.69) is 30.1 Å². The van der Waals surface area contributed by atoms with Crippen LogP contribution < -0.4 is 0 Å². The smallest absolute Gasteiger partial charge is 0.210 e. The van der Waals surface area contributed by atoms with Crippen molar-refractivity contribution in [3.8, 4) is 5.75 Å². The number of amides is 1. The van der Waals surface area contributed by atoms with E-state index in [1.807, 2.05) is 35.2 Å². The van der Waals surface area contributed by atoms with E-state index in [0.29, 0.717) is 12.3 Å². The minimum absolute atomic E-state index is 0.146. The van der Waals surface area contributed by atoms with E-state index >= 15 is 0 Å². The molecule has 0 bridgehead atoms. The molecule has 5 nitrogen and oxygen atoms in total. The SMILES string of the molecule is CN(CCCO)CC12Cc3ccc(O)cc3C13CCCC23CCCN(C=O)Cc1ccccc1. The van der Waals surface area contributed by atoms with Gasteiger partial charge in [-0.3, -0.25) is 4.79 Å². The highest BCUT2D eigenvalue weighted by atomic mass is 16.3. The lowest BCUT2D eigenvalue weighted by Gasteiger charge is -2.31. The summed E-state index contributed by atoms with van der Waals surface area (Å²) in [5.41, 5.74) is 4.55. The monoisotopic (exact) mass is 462 g/mol. The summed E-state index contributed by atoms with van der Waals surface area (Å²) >= 11 is 0. The number of aliphatic hydroxyl groups excluding tert-OH is 1. The van der Waals surface area contributed by atoms with E-state index in [1.54, 1.807) is 0 Å². The van der Waals surface area contributed by atoms with Crippen molar-refractivity contribution in [1.82, 2.24) is 9.80 Å². The van der Waals surface area contributed by atoms with Gasteiger partial charge in [-0.1, -0.05) is 42.8 Å². The Bertz CT molecular complexity index is 1030. The number of hydrogen-bond donors (Lipinski definition) is 2. The van der Waals surface area contributed by atoms with Crippen LogP contribution in [0, 0.1) is 10.8 Å². The number of fused-ring (bicyclic) bond motifs is 2. The highest BCUT2D eigenvalue weighted by Crippen LogP contribution is 2.90. The minimum Gasteiger partial charge on any atom is -0.508 e. The number of phenolic OH excluding ortho intramolecular Hbond substituents is 1. The number of nitrogens with zero attached hydrogens (tertiary/aromatic N) is 2. The van der Waals surface area contributed by atoms with E-state index in [0.717, 1.165) is 51.7 Å². The van der Waals surface area contributed by atoms with Gasteiger partial charge in [0.2, 0.25) is 6.41 Å². The lowest BCUT2D eigenvalue weighted by atomic mass is 9.80. The van der Waals surface area contributed by atoms with E-state index < -0.39 is 0 Å². The maximum absolute atomic E-state index is 11.8. The third kappa shape index (κ3) is 3.39. The fourth-order valence-electron chi connectivity index (χ4n) is 8.30. The lowest BCUT2D eigenvalue weighted by molar-refractivity contribution is -0.118. The molecule has 2 fully saturated rings. The van der Waals surface area contributed by atoms with Gasteiger partial charge in [0, 0.05) is 43.6 Å². The normalized spacial score (nSPS) is 28.4. The van der Waals surface area contributed by atoms with Gasteiger partial charge >= 0.3 is 0 Å². The van der Waals surface area contributed by atoms with E-state index in [1.165, 1.54) is 36.0 Å². The van der Waals surface area contributed by atoms with Crippen molar-refractivity contribution >= 4 is 6.41 Å². The summed E-state index contributed by atoms with van der Waals surface area (Å²) in [6.07, 6.45) is 8.65. The first-order valence-electron chi connectivity index (χ1n) is 12.9. The zero-order valence-electron chi connectivity index (χ0n) is 20.4. The molecule has 5 rings (SSSR count). The highest BCUT2D eigenvalue weighted by Gasteiger charge is 2.89. The van der Waals surface area contributed by atoms with Gasteiger partial charge in [-0.25, -0.2) is 0 Å². The van der Waals surface area contributed by atoms with Crippen LogP contribution in [-0.2, 0) is 23.2 Å². The predicted molar refractivity (Wildman–Crippen MR) is 134 cm³/mol. The van der Waals surface area contributed by atoms with E-state index in [4.69, 9.17) is 0 Å². The van der Waals surface area contributed by atoms with Crippen LogP contribution in [-0.4, -0.2) is 59.7 Å². The summed E-state index contributed by atoms with van der Waals surface area (Å²) in [6.45, 7) is 3.60. The molecule has 0 aromatic heterocycles. The second-order valence-electron chi connectivity index (χ2n) is 10.9. The van der Waals surface area contributed by atoms with Crippen LogP contribution in [0.3, 0.4) is 0 Å². The quantitative estimate of drug-likeness (QED) is 0.466. The summed E-state index contributed by atoms with van der Waals surface area (Å²) in [6, 6.07) is 16.2. The van der Waals surface area contributed by atoms with Crippen LogP contribution in [0.1, 0.15) is 55.2 Å². The van der Waals surface area contributed by atoms with Crippen molar-refractivity contribution in [2.75, 3.05) is 33.3 Å². The molecule has 34 heavy (non-hydrogen) atoms. The first kappa shape index (κ1) is 23.4. The number of carbonyl (C=O) groups is 1. The molecule has 0 saturated heterocycles. The number of carbonyl (C=O) groups excluding carboxylic acids is 1. The fourth-order valence-corrected chi connectivity index (χ4v) is 8.30. The summed E-state index contributed by atoms with van der Waals surface area (Å²) in [4.78, 5) is 16.1. The van der Waals surface area contributed by atoms with Crippen LogP contribution in [0.5, 0.6) is 5.75 Å². The molecule has 1 spiro atoms. The minimum atomic E-state index is 0.146. The van der Waals surface area contributed by atoms with Crippen molar-refractivity contribution in [3.05, 3.63) is 65.2 Å². The average molecular weight is 463 g/mol. The van der Waals surface area contributed by atoms with E-state index in [9.17, 15) is 15.0 Å². The molecular formula is C29H38N2O3. The number of benzene rings is 2. The Kier molecular flexibility index (Phi) is 6.19. The Morgan fingerprint density at radius 2 is 1.85 bits per heavy atom. The first-order chi connectivity index (χ1) is 16.5. The Hall–Kier alpha value is -2.37. The molecule has 0 heterocycles. The molecule has 2 aromatic rings. The molecule has 182 valence electrons. The van der Waals surface area contributed by atoms with Crippen LogP contribution in [0.15, 0.2) is 48.5 Å². The molecule has 5 heteroatoms. The predicted octanol–water partition coefficient (Wildman–Crippen LogP) is 4.11. The topological polar surface area (TPSA) is 64.0 Å². The Balaban J connectivity index is 1.36. The lowest BCUT2D eigenvalue weighted by Crippen LogP contribution is -2.34. The van der Waals surface area contributed by atoms with Gasteiger partial charge in [0.1, 0.15) is 5.75 Å². The van der Waals surface area contributed by atoms with Crippen molar-refractivity contribution in [2.45, 2.75) is 56.9 Å². The third-order valence-corrected chi connectivity index (χ3v) is 9.35. The van der Waals surface area contributed by atoms with Gasteiger partial charge < -0.3 is 20.0 Å². The molecule has 1 amide bonds. The summed E-state index contributed by atoms with van der Waals surface area (Å²) < 4.78 is 0. The number of aromatic hydroxyl groups is 1. The second-order valence-corrected chi connectivity index (χ2v) is 10.9. The maximum Gasteiger partial charge on any atom is 0.210 e. The van der Waals surface area contributed by atoms with Gasteiger partial charge in [-0.05, 0) is 79.8 Å². The van der Waals surface area contributed by atoms with Gasteiger partial charge in [-0.2, -0.15) is 0 Å². The first-order valence-corrected chi connectivity index (χ1v) is 12.9. The van der Waals surface area contributed by atoms with Crippen molar-refractivity contribution in [3.63, 3.8) is 0 Å². The van der Waals surface area contributed by atoms with Crippen molar-refractivity contribution in [1.29, 1.82) is 0 Å². The molecule has 3 aliphatic rings. The Labute approximate surface area is 203 Å². The average Bonchev–Trinajstić information content (AvgIpc) is 3.13. The zero-order valence-corrected chi connectivity index (χ0v) is 20.4. The molecular weight excluding hydrogens is 424 g/mol. The second kappa shape index (κ2) is 9.01.